The second-order valence-electron chi connectivity index (χ2n) is 8.74. The molecule has 1 aliphatic heterocycles. The Hall–Kier alpha value is -3.19. The lowest BCUT2D eigenvalue weighted by molar-refractivity contribution is -0.117. The summed E-state index contributed by atoms with van der Waals surface area (Å²) in [6.07, 6.45) is 3.74. The minimum atomic E-state index is -0.982. The van der Waals surface area contributed by atoms with Crippen molar-refractivity contribution in [2.45, 2.75) is 51.0 Å². The molecule has 2 aromatic carbocycles. The van der Waals surface area contributed by atoms with Gasteiger partial charge in [-0.1, -0.05) is 28.1 Å². The third-order valence-corrected chi connectivity index (χ3v) is 7.01. The summed E-state index contributed by atoms with van der Waals surface area (Å²) in [5, 5.41) is 9.11. The molecule has 1 heterocycles. The minimum absolute atomic E-state index is 0.0198. The lowest BCUT2D eigenvalue weighted by Crippen LogP contribution is -2.30. The molecule has 0 radical (unpaired) electrons. The van der Waals surface area contributed by atoms with E-state index in [1.165, 1.54) is 12.1 Å². The topological polar surface area (TPSA) is 89.9 Å². The van der Waals surface area contributed by atoms with Crippen LogP contribution in [-0.2, 0) is 20.9 Å². The summed E-state index contributed by atoms with van der Waals surface area (Å²) < 4.78 is 13.1. The van der Waals surface area contributed by atoms with Gasteiger partial charge in [-0.05, 0) is 48.7 Å². The van der Waals surface area contributed by atoms with Gasteiger partial charge in [0, 0.05) is 46.9 Å². The number of ketones is 2. The first-order valence-electron chi connectivity index (χ1n) is 11.4. The SMILES string of the molecule is O=C1CCCC2=C1C(c1cc(Br)ccc1OCc1ccc(C(=O)O)cc1)C1=C(CCCC1=O)O2. The molecule has 1 N–H and O–H groups in total. The Morgan fingerprint density at radius 2 is 1.56 bits per heavy atom. The van der Waals surface area contributed by atoms with Crippen LogP contribution in [0.3, 0.4) is 0 Å². The maximum atomic E-state index is 13.1. The van der Waals surface area contributed by atoms with Gasteiger partial charge in [0.05, 0.1) is 11.5 Å². The zero-order chi connectivity index (χ0) is 23.8. The normalized spacial score (nSPS) is 18.4. The highest BCUT2D eigenvalue weighted by Crippen LogP contribution is 2.50. The molecule has 2 aliphatic carbocycles. The zero-order valence-electron chi connectivity index (χ0n) is 18.4. The van der Waals surface area contributed by atoms with E-state index in [9.17, 15) is 14.4 Å². The van der Waals surface area contributed by atoms with E-state index >= 15 is 0 Å². The molecule has 0 saturated heterocycles. The molecule has 0 bridgehead atoms. The molecule has 3 aliphatic rings. The van der Waals surface area contributed by atoms with Crippen LogP contribution < -0.4 is 4.74 Å². The summed E-state index contributed by atoms with van der Waals surface area (Å²) in [4.78, 5) is 37.3. The molecule has 34 heavy (non-hydrogen) atoms. The molecule has 0 aromatic heterocycles. The first-order chi connectivity index (χ1) is 16.4. The van der Waals surface area contributed by atoms with Crippen LogP contribution >= 0.6 is 15.9 Å². The third kappa shape index (κ3) is 4.20. The number of ether oxygens (including phenoxy) is 2. The van der Waals surface area contributed by atoms with Gasteiger partial charge in [0.1, 0.15) is 23.9 Å². The number of allylic oxidation sites excluding steroid dienone is 4. The first kappa shape index (κ1) is 22.6. The third-order valence-electron chi connectivity index (χ3n) is 6.52. The van der Waals surface area contributed by atoms with E-state index < -0.39 is 11.9 Å². The molecule has 0 atom stereocenters. The van der Waals surface area contributed by atoms with E-state index in [0.29, 0.717) is 54.1 Å². The van der Waals surface area contributed by atoms with Crippen LogP contribution in [0, 0.1) is 0 Å². The predicted octanol–water partition coefficient (Wildman–Crippen LogP) is 5.85. The quantitative estimate of drug-likeness (QED) is 0.529. The highest BCUT2D eigenvalue weighted by molar-refractivity contribution is 9.10. The summed E-state index contributed by atoms with van der Waals surface area (Å²) >= 11 is 3.54. The number of hydrogen-bond acceptors (Lipinski definition) is 5. The molecule has 0 spiro atoms. The Morgan fingerprint density at radius 3 is 2.15 bits per heavy atom. The molecule has 7 heteroatoms. The van der Waals surface area contributed by atoms with Gasteiger partial charge >= 0.3 is 5.97 Å². The standard InChI is InChI=1S/C27H23BrO6/c28-17-11-12-21(33-14-15-7-9-16(10-8-15)27(31)32)18(13-17)24-25-19(29)3-1-5-22(25)34-23-6-2-4-20(30)26(23)24/h7-13,24H,1-6,14H2,(H,31,32). The average molecular weight is 523 g/mol. The summed E-state index contributed by atoms with van der Waals surface area (Å²) in [5.74, 6) is 0.492. The van der Waals surface area contributed by atoms with Gasteiger partial charge in [-0.2, -0.15) is 0 Å². The number of carboxylic acid groups (broad SMARTS) is 1. The largest absolute Gasteiger partial charge is 0.489 e. The van der Waals surface area contributed by atoms with Crippen LogP contribution in [0.5, 0.6) is 5.75 Å². The number of carboxylic acids is 1. The van der Waals surface area contributed by atoms with Gasteiger partial charge in [-0.15, -0.1) is 0 Å². The highest BCUT2D eigenvalue weighted by atomic mass is 79.9. The molecule has 5 rings (SSSR count). The molecule has 6 nitrogen and oxygen atoms in total. The number of carbonyl (C=O) groups excluding carboxylic acids is 2. The van der Waals surface area contributed by atoms with E-state index in [-0.39, 0.29) is 23.7 Å². The lowest BCUT2D eigenvalue weighted by Gasteiger charge is -2.36. The van der Waals surface area contributed by atoms with Crippen molar-refractivity contribution in [2.75, 3.05) is 0 Å². The zero-order valence-corrected chi connectivity index (χ0v) is 20.0. The molecule has 0 fully saturated rings. The summed E-state index contributed by atoms with van der Waals surface area (Å²) in [6, 6.07) is 12.1. The Balaban J connectivity index is 1.55. The van der Waals surface area contributed by atoms with E-state index in [1.807, 2.05) is 18.2 Å². The number of rotatable bonds is 5. The maximum absolute atomic E-state index is 13.1. The molecule has 174 valence electrons. The van der Waals surface area contributed by atoms with Gasteiger partial charge in [-0.25, -0.2) is 4.79 Å². The fraction of sp³-hybridized carbons (Fsp3) is 0.296. The van der Waals surface area contributed by atoms with Gasteiger partial charge < -0.3 is 14.6 Å². The lowest BCUT2D eigenvalue weighted by atomic mass is 9.73. The molecular formula is C27H23BrO6. The number of Topliss-reactive ketones (excluding diaryl/α,β-unsaturated/α-hetero) is 2. The fourth-order valence-electron chi connectivity index (χ4n) is 4.91. The Labute approximate surface area is 205 Å². The summed E-state index contributed by atoms with van der Waals surface area (Å²) in [5.41, 5.74) is 2.93. The molecule has 0 saturated carbocycles. The second kappa shape index (κ2) is 9.22. The Bertz CT molecular complexity index is 1210. The molecule has 0 amide bonds. The van der Waals surface area contributed by atoms with E-state index in [4.69, 9.17) is 14.6 Å². The van der Waals surface area contributed by atoms with E-state index in [2.05, 4.69) is 15.9 Å². The highest BCUT2D eigenvalue weighted by Gasteiger charge is 2.42. The number of hydrogen-bond donors (Lipinski definition) is 1. The minimum Gasteiger partial charge on any atom is -0.489 e. The van der Waals surface area contributed by atoms with Crippen LogP contribution in [0.15, 0.2) is 69.6 Å². The molecule has 2 aromatic rings. The number of halogens is 1. The van der Waals surface area contributed by atoms with Crippen LogP contribution in [0.1, 0.15) is 65.9 Å². The van der Waals surface area contributed by atoms with Gasteiger partial charge in [0.2, 0.25) is 0 Å². The van der Waals surface area contributed by atoms with Crippen molar-refractivity contribution in [3.63, 3.8) is 0 Å². The Morgan fingerprint density at radius 1 is 0.941 bits per heavy atom. The fourth-order valence-corrected chi connectivity index (χ4v) is 5.29. The van der Waals surface area contributed by atoms with Crippen molar-refractivity contribution in [1.29, 1.82) is 0 Å². The van der Waals surface area contributed by atoms with Crippen molar-refractivity contribution >= 4 is 33.5 Å². The average Bonchev–Trinajstić information content (AvgIpc) is 2.82. The van der Waals surface area contributed by atoms with Crippen molar-refractivity contribution < 1.29 is 29.0 Å². The number of carbonyl (C=O) groups is 3. The van der Waals surface area contributed by atoms with Crippen LogP contribution in [0.2, 0.25) is 0 Å². The molecule has 0 unspecified atom stereocenters. The van der Waals surface area contributed by atoms with E-state index in [1.54, 1.807) is 12.1 Å². The first-order valence-corrected chi connectivity index (χ1v) is 12.2. The maximum Gasteiger partial charge on any atom is 0.335 e. The van der Waals surface area contributed by atoms with Crippen LogP contribution in [-0.4, -0.2) is 22.6 Å². The van der Waals surface area contributed by atoms with Gasteiger partial charge in [-0.3, -0.25) is 9.59 Å². The van der Waals surface area contributed by atoms with Crippen LogP contribution in [0.25, 0.3) is 0 Å². The molecular weight excluding hydrogens is 500 g/mol. The summed E-state index contributed by atoms with van der Waals surface area (Å²) in [7, 11) is 0. The van der Waals surface area contributed by atoms with Gasteiger partial charge in [0.15, 0.2) is 11.6 Å². The predicted molar refractivity (Wildman–Crippen MR) is 127 cm³/mol. The number of benzene rings is 2. The van der Waals surface area contributed by atoms with Crippen LogP contribution in [0.4, 0.5) is 0 Å². The smallest absolute Gasteiger partial charge is 0.335 e. The number of aromatic carboxylic acids is 1. The van der Waals surface area contributed by atoms with Crippen molar-refractivity contribution in [3.8, 4) is 5.75 Å². The van der Waals surface area contributed by atoms with Crippen molar-refractivity contribution in [3.05, 3.63) is 86.3 Å². The van der Waals surface area contributed by atoms with Crippen molar-refractivity contribution in [2.24, 2.45) is 0 Å². The summed E-state index contributed by atoms with van der Waals surface area (Å²) in [6.45, 7) is 0.220. The van der Waals surface area contributed by atoms with Crippen molar-refractivity contribution in [1.82, 2.24) is 0 Å². The monoisotopic (exact) mass is 522 g/mol. The van der Waals surface area contributed by atoms with E-state index in [0.717, 1.165) is 28.4 Å². The second-order valence-corrected chi connectivity index (χ2v) is 9.65. The van der Waals surface area contributed by atoms with Gasteiger partial charge in [0.25, 0.3) is 0 Å². The Kier molecular flexibility index (Phi) is 6.13.